The van der Waals surface area contributed by atoms with Gasteiger partial charge in [0.25, 0.3) is 0 Å². The smallest absolute Gasteiger partial charge is 0.475 e. The number of hydrogen-bond acceptors (Lipinski definition) is 3. The van der Waals surface area contributed by atoms with Crippen molar-refractivity contribution in [3.8, 4) is 0 Å². The van der Waals surface area contributed by atoms with Crippen LogP contribution in [0.1, 0.15) is 24.7 Å². The minimum absolute atomic E-state index is 0.481. The molecule has 0 saturated carbocycles. The molecule has 17 heavy (non-hydrogen) atoms. The Hall–Kier alpha value is -1.57. The van der Waals surface area contributed by atoms with Gasteiger partial charge in [-0.1, -0.05) is 0 Å². The number of halogens is 3. The fourth-order valence-corrected chi connectivity index (χ4v) is 1.39. The monoisotopic (exact) mass is 251 g/mol. The molecule has 2 rings (SSSR count). The number of imidazole rings is 1. The molecule has 0 amide bonds. The zero-order valence-electron chi connectivity index (χ0n) is 8.79. The van der Waals surface area contributed by atoms with E-state index in [4.69, 9.17) is 9.90 Å². The number of aromatic nitrogens is 2. The number of carbonyl (C=O) groups is 1. The summed E-state index contributed by atoms with van der Waals surface area (Å²) >= 11 is 0. The van der Waals surface area contributed by atoms with Crippen molar-refractivity contribution in [1.29, 1.82) is 0 Å². The van der Waals surface area contributed by atoms with Crippen molar-refractivity contribution < 1.29 is 23.1 Å². The predicted octanol–water partition coefficient (Wildman–Crippen LogP) is 1.47. The second-order valence-electron chi connectivity index (χ2n) is 3.43. The lowest BCUT2D eigenvalue weighted by Crippen LogP contribution is -2.21. The van der Waals surface area contributed by atoms with Crippen LogP contribution in [0.2, 0.25) is 0 Å². The second kappa shape index (κ2) is 5.67. The van der Waals surface area contributed by atoms with Crippen LogP contribution in [0.25, 0.3) is 0 Å². The van der Waals surface area contributed by atoms with E-state index >= 15 is 0 Å². The van der Waals surface area contributed by atoms with E-state index in [1.54, 1.807) is 6.20 Å². The molecule has 0 bridgehead atoms. The Balaban J connectivity index is 0.000000185. The molecule has 3 N–H and O–H groups in total. The minimum Gasteiger partial charge on any atom is -0.475 e. The van der Waals surface area contributed by atoms with Crippen LogP contribution in [0.3, 0.4) is 0 Å². The van der Waals surface area contributed by atoms with Gasteiger partial charge in [0, 0.05) is 12.4 Å². The van der Waals surface area contributed by atoms with Crippen molar-refractivity contribution in [2.45, 2.75) is 25.1 Å². The first-order valence-electron chi connectivity index (χ1n) is 4.94. The normalized spacial score (nSPS) is 19.6. The number of rotatable bonds is 1. The van der Waals surface area contributed by atoms with Gasteiger partial charge in [0.1, 0.15) is 5.82 Å². The molecule has 0 aromatic carbocycles. The van der Waals surface area contributed by atoms with E-state index in [0.29, 0.717) is 6.04 Å². The Morgan fingerprint density at radius 2 is 2.18 bits per heavy atom. The first-order valence-corrected chi connectivity index (χ1v) is 4.94. The van der Waals surface area contributed by atoms with Gasteiger partial charge >= 0.3 is 12.1 Å². The zero-order valence-corrected chi connectivity index (χ0v) is 8.79. The van der Waals surface area contributed by atoms with Gasteiger partial charge in [-0.3, -0.25) is 0 Å². The van der Waals surface area contributed by atoms with Crippen molar-refractivity contribution in [3.63, 3.8) is 0 Å². The average Bonchev–Trinajstić information content (AvgIpc) is 2.90. The number of aliphatic carboxylic acids is 1. The lowest BCUT2D eigenvalue weighted by Gasteiger charge is -2.04. The summed E-state index contributed by atoms with van der Waals surface area (Å²) in [7, 11) is 0. The van der Waals surface area contributed by atoms with E-state index in [2.05, 4.69) is 15.3 Å². The summed E-state index contributed by atoms with van der Waals surface area (Å²) in [6, 6.07) is 0.481. The molecule has 1 aromatic heterocycles. The summed E-state index contributed by atoms with van der Waals surface area (Å²) in [4.78, 5) is 16.2. The van der Waals surface area contributed by atoms with Gasteiger partial charge in [-0.05, 0) is 19.4 Å². The summed E-state index contributed by atoms with van der Waals surface area (Å²) in [5.74, 6) is -1.68. The highest BCUT2D eigenvalue weighted by Crippen LogP contribution is 2.18. The number of H-pyrrole nitrogens is 1. The van der Waals surface area contributed by atoms with Crippen molar-refractivity contribution in [2.24, 2.45) is 0 Å². The Bertz CT molecular complexity index is 345. The summed E-state index contributed by atoms with van der Waals surface area (Å²) in [5, 5.41) is 10.5. The zero-order chi connectivity index (χ0) is 12.9. The molecule has 1 saturated heterocycles. The van der Waals surface area contributed by atoms with Gasteiger partial charge in [0.15, 0.2) is 0 Å². The van der Waals surface area contributed by atoms with Gasteiger partial charge in [0.05, 0.1) is 6.04 Å². The molecule has 1 atom stereocenters. The van der Waals surface area contributed by atoms with Crippen LogP contribution in [0, 0.1) is 0 Å². The summed E-state index contributed by atoms with van der Waals surface area (Å²) in [6.07, 6.45) is 1.07. The molecule has 1 aromatic rings. The number of hydrogen-bond donors (Lipinski definition) is 3. The van der Waals surface area contributed by atoms with E-state index < -0.39 is 12.1 Å². The standard InChI is InChI=1S/C7H11N3.C2HF3O2/c1-2-6(8-3-1)7-9-4-5-10-7;3-2(4,5)1(6)7/h4-6,8H,1-3H2,(H,9,10);(H,6,7)/t6-;/m0./s1. The topological polar surface area (TPSA) is 78.0 Å². The molecule has 5 nitrogen and oxygen atoms in total. The number of nitrogens with one attached hydrogen (secondary N) is 2. The lowest BCUT2D eigenvalue weighted by atomic mass is 10.2. The van der Waals surface area contributed by atoms with Crippen LogP contribution in [0.4, 0.5) is 13.2 Å². The number of alkyl halides is 3. The Kier molecular flexibility index (Phi) is 4.50. The third-order valence-corrected chi connectivity index (χ3v) is 2.15. The van der Waals surface area contributed by atoms with Gasteiger partial charge in [-0.25, -0.2) is 9.78 Å². The molecule has 0 aliphatic carbocycles. The van der Waals surface area contributed by atoms with Crippen LogP contribution < -0.4 is 5.32 Å². The molecule has 96 valence electrons. The van der Waals surface area contributed by atoms with Crippen LogP contribution >= 0.6 is 0 Å². The van der Waals surface area contributed by atoms with Crippen LogP contribution in [-0.4, -0.2) is 33.8 Å². The molecule has 0 radical (unpaired) electrons. The second-order valence-corrected chi connectivity index (χ2v) is 3.43. The molecule has 1 aliphatic rings. The highest BCUT2D eigenvalue weighted by atomic mass is 19.4. The van der Waals surface area contributed by atoms with Crippen LogP contribution in [-0.2, 0) is 4.79 Å². The molecule has 1 fully saturated rings. The minimum atomic E-state index is -5.08. The van der Waals surface area contributed by atoms with Crippen molar-refractivity contribution >= 4 is 5.97 Å². The summed E-state index contributed by atoms with van der Waals surface area (Å²) in [6.45, 7) is 1.13. The van der Waals surface area contributed by atoms with Gasteiger partial charge in [-0.15, -0.1) is 0 Å². The maximum absolute atomic E-state index is 10.6. The highest BCUT2D eigenvalue weighted by Gasteiger charge is 2.38. The first-order chi connectivity index (χ1) is 7.91. The molecular weight excluding hydrogens is 239 g/mol. The maximum atomic E-state index is 10.6. The quantitative estimate of drug-likeness (QED) is 0.706. The summed E-state index contributed by atoms with van der Waals surface area (Å²) in [5.41, 5.74) is 0. The predicted molar refractivity (Wildman–Crippen MR) is 52.3 cm³/mol. The highest BCUT2D eigenvalue weighted by molar-refractivity contribution is 5.73. The van der Waals surface area contributed by atoms with Crippen molar-refractivity contribution in [1.82, 2.24) is 15.3 Å². The molecule has 0 spiro atoms. The van der Waals surface area contributed by atoms with Crippen LogP contribution in [0.15, 0.2) is 12.4 Å². The van der Waals surface area contributed by atoms with Crippen molar-refractivity contribution in [3.05, 3.63) is 18.2 Å². The first kappa shape index (κ1) is 13.5. The summed E-state index contributed by atoms with van der Waals surface area (Å²) < 4.78 is 31.7. The molecule has 0 unspecified atom stereocenters. The SMILES string of the molecule is O=C(O)C(F)(F)F.c1c[nH]c([C@@H]2CCCN2)n1. The number of carboxylic acid groups (broad SMARTS) is 1. The van der Waals surface area contributed by atoms with E-state index in [0.717, 1.165) is 12.4 Å². The van der Waals surface area contributed by atoms with E-state index in [1.807, 2.05) is 6.20 Å². The molecule has 8 heteroatoms. The Morgan fingerprint density at radius 3 is 2.53 bits per heavy atom. The number of aromatic amines is 1. The van der Waals surface area contributed by atoms with E-state index in [-0.39, 0.29) is 0 Å². The molecule has 2 heterocycles. The maximum Gasteiger partial charge on any atom is 0.490 e. The largest absolute Gasteiger partial charge is 0.490 e. The average molecular weight is 251 g/mol. The number of nitrogens with zero attached hydrogens (tertiary/aromatic N) is 1. The third kappa shape index (κ3) is 4.43. The number of carboxylic acids is 1. The Morgan fingerprint density at radius 1 is 1.53 bits per heavy atom. The fraction of sp³-hybridized carbons (Fsp3) is 0.556. The fourth-order valence-electron chi connectivity index (χ4n) is 1.39. The molecular formula is C9H12F3N3O2. The van der Waals surface area contributed by atoms with Crippen molar-refractivity contribution in [2.75, 3.05) is 6.54 Å². The Labute approximate surface area is 95.1 Å². The van der Waals surface area contributed by atoms with E-state index in [1.165, 1.54) is 12.8 Å². The third-order valence-electron chi connectivity index (χ3n) is 2.15. The molecule has 1 aliphatic heterocycles. The van der Waals surface area contributed by atoms with Crippen LogP contribution in [0.5, 0.6) is 0 Å². The van der Waals surface area contributed by atoms with Gasteiger partial charge in [-0.2, -0.15) is 13.2 Å². The van der Waals surface area contributed by atoms with E-state index in [9.17, 15) is 13.2 Å². The lowest BCUT2D eigenvalue weighted by molar-refractivity contribution is -0.192. The van der Waals surface area contributed by atoms with Gasteiger partial charge < -0.3 is 15.4 Å². The van der Waals surface area contributed by atoms with Gasteiger partial charge in [0.2, 0.25) is 0 Å².